The summed E-state index contributed by atoms with van der Waals surface area (Å²) in [7, 11) is 2.02. The Kier molecular flexibility index (Phi) is 3.44. The van der Waals surface area contributed by atoms with E-state index in [1.54, 1.807) is 0 Å². The second kappa shape index (κ2) is 4.12. The Labute approximate surface area is 92.5 Å². The number of carboxylic acids is 1. The van der Waals surface area contributed by atoms with Crippen molar-refractivity contribution in [3.05, 3.63) is 0 Å². The summed E-state index contributed by atoms with van der Waals surface area (Å²) in [4.78, 5) is 13.2. The molecule has 1 fully saturated rings. The number of hydrogen-bond donors (Lipinski definition) is 1. The van der Waals surface area contributed by atoms with Gasteiger partial charge in [-0.15, -0.1) is 0 Å². The molecule has 0 aromatic rings. The van der Waals surface area contributed by atoms with Gasteiger partial charge in [0.2, 0.25) is 0 Å². The Morgan fingerprint density at radius 1 is 1.40 bits per heavy atom. The quantitative estimate of drug-likeness (QED) is 0.761. The van der Waals surface area contributed by atoms with Crippen molar-refractivity contribution < 1.29 is 9.90 Å². The van der Waals surface area contributed by atoms with Crippen LogP contribution in [0.2, 0.25) is 0 Å². The van der Waals surface area contributed by atoms with Crippen molar-refractivity contribution in [1.82, 2.24) is 4.90 Å². The molecule has 1 aliphatic rings. The van der Waals surface area contributed by atoms with Crippen molar-refractivity contribution in [2.24, 2.45) is 10.8 Å². The predicted molar refractivity (Wildman–Crippen MR) is 60.9 cm³/mol. The molecule has 1 saturated carbocycles. The number of nitrogens with zero attached hydrogens (tertiary/aromatic N) is 1. The SMILES string of the molecule is CN(CCC(C)(C)C)CC1(C(=O)O)CC1. The minimum atomic E-state index is -0.620. The molecular formula is C12H23NO2. The lowest BCUT2D eigenvalue weighted by Gasteiger charge is -2.25. The van der Waals surface area contributed by atoms with Crippen LogP contribution < -0.4 is 0 Å². The van der Waals surface area contributed by atoms with E-state index in [9.17, 15) is 4.79 Å². The molecule has 3 nitrogen and oxygen atoms in total. The van der Waals surface area contributed by atoms with Crippen LogP contribution in [0, 0.1) is 10.8 Å². The second-order valence-corrected chi connectivity index (χ2v) is 6.13. The van der Waals surface area contributed by atoms with Crippen molar-refractivity contribution in [3.63, 3.8) is 0 Å². The standard InChI is InChI=1S/C12H23NO2/c1-11(2,3)7-8-13(4)9-12(5-6-12)10(14)15/h5-9H2,1-4H3,(H,14,15). The highest BCUT2D eigenvalue weighted by Gasteiger charge is 2.50. The van der Waals surface area contributed by atoms with E-state index in [1.807, 2.05) is 7.05 Å². The molecule has 0 aliphatic heterocycles. The van der Waals surface area contributed by atoms with E-state index < -0.39 is 11.4 Å². The van der Waals surface area contributed by atoms with E-state index in [1.165, 1.54) is 0 Å². The van der Waals surface area contributed by atoms with Gasteiger partial charge in [-0.3, -0.25) is 4.79 Å². The summed E-state index contributed by atoms with van der Waals surface area (Å²) >= 11 is 0. The molecule has 0 atom stereocenters. The Bertz CT molecular complexity index is 238. The van der Waals surface area contributed by atoms with Crippen molar-refractivity contribution in [3.8, 4) is 0 Å². The summed E-state index contributed by atoms with van der Waals surface area (Å²) < 4.78 is 0. The van der Waals surface area contributed by atoms with E-state index in [0.717, 1.165) is 25.8 Å². The maximum Gasteiger partial charge on any atom is 0.310 e. The van der Waals surface area contributed by atoms with Crippen molar-refractivity contribution in [2.75, 3.05) is 20.1 Å². The molecule has 1 rings (SSSR count). The fraction of sp³-hybridized carbons (Fsp3) is 0.917. The topological polar surface area (TPSA) is 40.5 Å². The zero-order valence-corrected chi connectivity index (χ0v) is 10.3. The summed E-state index contributed by atoms with van der Waals surface area (Å²) in [5.41, 5.74) is -0.0825. The van der Waals surface area contributed by atoms with E-state index in [0.29, 0.717) is 12.0 Å². The van der Waals surface area contributed by atoms with Crippen molar-refractivity contribution in [2.45, 2.75) is 40.0 Å². The number of carbonyl (C=O) groups is 1. The number of hydrogen-bond acceptors (Lipinski definition) is 2. The molecule has 0 spiro atoms. The summed E-state index contributed by atoms with van der Waals surface area (Å²) in [6, 6.07) is 0. The third-order valence-electron chi connectivity index (χ3n) is 3.12. The highest BCUT2D eigenvalue weighted by molar-refractivity contribution is 5.78. The van der Waals surface area contributed by atoms with Gasteiger partial charge in [0.15, 0.2) is 0 Å². The largest absolute Gasteiger partial charge is 0.481 e. The minimum Gasteiger partial charge on any atom is -0.481 e. The number of carboxylic acid groups (broad SMARTS) is 1. The van der Waals surface area contributed by atoms with Gasteiger partial charge in [-0.25, -0.2) is 0 Å². The van der Waals surface area contributed by atoms with E-state index in [2.05, 4.69) is 25.7 Å². The fourth-order valence-corrected chi connectivity index (χ4v) is 1.71. The monoisotopic (exact) mass is 213 g/mol. The van der Waals surface area contributed by atoms with Crippen LogP contribution in [0.15, 0.2) is 0 Å². The second-order valence-electron chi connectivity index (χ2n) is 6.13. The van der Waals surface area contributed by atoms with Gasteiger partial charge in [0.1, 0.15) is 0 Å². The van der Waals surface area contributed by atoms with Crippen LogP contribution in [0.4, 0.5) is 0 Å². The van der Waals surface area contributed by atoms with Gasteiger partial charge < -0.3 is 10.0 Å². The molecule has 0 amide bonds. The first-order chi connectivity index (χ1) is 6.75. The average Bonchev–Trinajstić information content (AvgIpc) is 2.81. The van der Waals surface area contributed by atoms with Crippen molar-refractivity contribution >= 4 is 5.97 Å². The Morgan fingerprint density at radius 3 is 2.27 bits per heavy atom. The maximum atomic E-state index is 11.0. The lowest BCUT2D eigenvalue weighted by Crippen LogP contribution is -2.33. The highest BCUT2D eigenvalue weighted by Crippen LogP contribution is 2.46. The summed E-state index contributed by atoms with van der Waals surface area (Å²) in [5.74, 6) is -0.620. The number of aliphatic carboxylic acids is 1. The van der Waals surface area contributed by atoms with Gasteiger partial charge in [-0.05, 0) is 38.3 Å². The average molecular weight is 213 g/mol. The van der Waals surface area contributed by atoms with Gasteiger partial charge in [0.05, 0.1) is 5.41 Å². The maximum absolute atomic E-state index is 11.0. The molecule has 0 aromatic heterocycles. The lowest BCUT2D eigenvalue weighted by molar-refractivity contribution is -0.144. The molecule has 0 bridgehead atoms. The molecule has 0 saturated heterocycles. The molecule has 1 aliphatic carbocycles. The molecule has 1 N–H and O–H groups in total. The number of rotatable bonds is 5. The van der Waals surface area contributed by atoms with Crippen LogP contribution in [0.3, 0.4) is 0 Å². The zero-order valence-electron chi connectivity index (χ0n) is 10.3. The molecule has 88 valence electrons. The molecule has 0 heterocycles. The van der Waals surface area contributed by atoms with Crippen LogP contribution in [-0.2, 0) is 4.79 Å². The normalized spacial score (nSPS) is 19.3. The van der Waals surface area contributed by atoms with Crippen molar-refractivity contribution in [1.29, 1.82) is 0 Å². The third kappa shape index (κ3) is 3.82. The van der Waals surface area contributed by atoms with Gasteiger partial charge in [-0.1, -0.05) is 20.8 Å². The van der Waals surface area contributed by atoms with Gasteiger partial charge in [0.25, 0.3) is 0 Å². The van der Waals surface area contributed by atoms with Crippen LogP contribution in [0.1, 0.15) is 40.0 Å². The van der Waals surface area contributed by atoms with Gasteiger partial charge >= 0.3 is 5.97 Å². The molecule has 3 heteroatoms. The van der Waals surface area contributed by atoms with E-state index in [4.69, 9.17) is 5.11 Å². The molecule has 0 aromatic carbocycles. The predicted octanol–water partition coefficient (Wildman–Crippen LogP) is 2.22. The Balaban J connectivity index is 2.31. The van der Waals surface area contributed by atoms with Crippen LogP contribution in [0.5, 0.6) is 0 Å². The fourth-order valence-electron chi connectivity index (χ4n) is 1.71. The molecule has 0 radical (unpaired) electrons. The van der Waals surface area contributed by atoms with Crippen LogP contribution in [0.25, 0.3) is 0 Å². The minimum absolute atomic E-state index is 0.328. The van der Waals surface area contributed by atoms with Crippen LogP contribution in [-0.4, -0.2) is 36.1 Å². The summed E-state index contributed by atoms with van der Waals surface area (Å²) in [6.45, 7) is 8.33. The van der Waals surface area contributed by atoms with E-state index in [-0.39, 0.29) is 0 Å². The molecule has 15 heavy (non-hydrogen) atoms. The van der Waals surface area contributed by atoms with Crippen LogP contribution >= 0.6 is 0 Å². The highest BCUT2D eigenvalue weighted by atomic mass is 16.4. The zero-order chi connectivity index (χ0) is 11.7. The molecular weight excluding hydrogens is 190 g/mol. The Morgan fingerprint density at radius 2 is 1.93 bits per heavy atom. The Hall–Kier alpha value is -0.570. The first-order valence-electron chi connectivity index (χ1n) is 5.67. The van der Waals surface area contributed by atoms with Gasteiger partial charge in [0, 0.05) is 6.54 Å². The molecule has 0 unspecified atom stereocenters. The lowest BCUT2D eigenvalue weighted by atomic mass is 9.92. The smallest absolute Gasteiger partial charge is 0.310 e. The first-order valence-corrected chi connectivity index (χ1v) is 5.67. The first kappa shape index (κ1) is 12.5. The summed E-state index contributed by atoms with van der Waals surface area (Å²) in [5, 5.41) is 9.05. The van der Waals surface area contributed by atoms with E-state index >= 15 is 0 Å². The van der Waals surface area contributed by atoms with Gasteiger partial charge in [-0.2, -0.15) is 0 Å². The summed E-state index contributed by atoms with van der Waals surface area (Å²) in [6.07, 6.45) is 2.81. The third-order valence-corrected chi connectivity index (χ3v) is 3.12.